The summed E-state index contributed by atoms with van der Waals surface area (Å²) in [7, 11) is 1.26. The number of pyridine rings is 1. The number of ether oxygens (including phenoxy) is 1. The van der Waals surface area contributed by atoms with Crippen molar-refractivity contribution in [2.24, 2.45) is 0 Å². The number of nitrogens with one attached hydrogen (secondary N) is 2. The van der Waals surface area contributed by atoms with E-state index < -0.39 is 17.8 Å². The zero-order chi connectivity index (χ0) is 20.1. The minimum absolute atomic E-state index is 0.0387. The van der Waals surface area contributed by atoms with Crippen LogP contribution >= 0.6 is 0 Å². The molecule has 0 saturated heterocycles. The normalized spacial score (nSPS) is 11.1. The van der Waals surface area contributed by atoms with Crippen LogP contribution in [0.4, 0.5) is 23.7 Å². The Morgan fingerprint density at radius 3 is 2.68 bits per heavy atom. The van der Waals surface area contributed by atoms with Crippen molar-refractivity contribution in [3.8, 4) is 11.6 Å². The van der Waals surface area contributed by atoms with Gasteiger partial charge in [-0.3, -0.25) is 0 Å². The summed E-state index contributed by atoms with van der Waals surface area (Å²) in [5.41, 5.74) is -0.712. The third-order valence-corrected chi connectivity index (χ3v) is 3.70. The number of aromatic nitrogens is 4. The van der Waals surface area contributed by atoms with Crippen LogP contribution in [0.25, 0.3) is 5.82 Å². The molecule has 0 bridgehead atoms. The second-order valence-corrected chi connectivity index (χ2v) is 5.58. The molecule has 8 nitrogen and oxygen atoms in total. The first-order chi connectivity index (χ1) is 13.4. The van der Waals surface area contributed by atoms with Crippen LogP contribution in [0, 0.1) is 0 Å². The van der Waals surface area contributed by atoms with Crippen LogP contribution < -0.4 is 15.4 Å². The molecule has 0 radical (unpaired) electrons. The Bertz CT molecular complexity index is 943. The van der Waals surface area contributed by atoms with Gasteiger partial charge in [-0.05, 0) is 29.8 Å². The average molecular weight is 392 g/mol. The molecule has 2 aromatic heterocycles. The molecule has 2 heterocycles. The Hall–Kier alpha value is -3.63. The number of carbonyl (C=O) groups excluding carboxylic acids is 1. The summed E-state index contributed by atoms with van der Waals surface area (Å²) in [6.07, 6.45) is -0.263. The molecule has 1 aromatic carbocycles. The van der Waals surface area contributed by atoms with E-state index in [2.05, 4.69) is 25.7 Å². The number of nitrogens with zero attached hydrogens (tertiary/aromatic N) is 4. The molecular formula is C17H15F3N6O2. The maximum absolute atomic E-state index is 13.2. The molecule has 0 aliphatic carbocycles. The Morgan fingerprint density at radius 2 is 2.07 bits per heavy atom. The molecule has 3 aromatic rings. The van der Waals surface area contributed by atoms with Crippen LogP contribution in [0.5, 0.6) is 5.75 Å². The Labute approximate surface area is 157 Å². The molecule has 0 saturated carbocycles. The summed E-state index contributed by atoms with van der Waals surface area (Å²) in [6.45, 7) is 0.0774. The van der Waals surface area contributed by atoms with E-state index in [0.717, 1.165) is 12.1 Å². The van der Waals surface area contributed by atoms with Crippen molar-refractivity contribution in [3.05, 3.63) is 60.3 Å². The number of alkyl halides is 3. The van der Waals surface area contributed by atoms with Gasteiger partial charge in [0.25, 0.3) is 0 Å². The van der Waals surface area contributed by atoms with E-state index >= 15 is 0 Å². The standard InChI is InChI=1S/C17H15F3N6O2/c1-28-12-3-4-14(13(6-12)17(18,19)20)25-16(27)23-8-11-2-5-15(22-7-11)26-10-21-9-24-26/h2-7,9-10H,8H2,1H3,(H2,23,25,27). The minimum Gasteiger partial charge on any atom is -0.497 e. The van der Waals surface area contributed by atoms with E-state index in [4.69, 9.17) is 4.74 Å². The largest absolute Gasteiger partial charge is 0.497 e. The topological polar surface area (TPSA) is 94.0 Å². The van der Waals surface area contributed by atoms with Crippen molar-refractivity contribution in [3.63, 3.8) is 0 Å². The number of carbonyl (C=O) groups is 1. The van der Waals surface area contributed by atoms with Gasteiger partial charge in [0.2, 0.25) is 0 Å². The van der Waals surface area contributed by atoms with Gasteiger partial charge in [-0.25, -0.2) is 19.4 Å². The summed E-state index contributed by atoms with van der Waals surface area (Å²) in [6, 6.07) is 5.89. The predicted molar refractivity (Wildman–Crippen MR) is 93.0 cm³/mol. The SMILES string of the molecule is COc1ccc(NC(=O)NCc2ccc(-n3cncn3)nc2)c(C(F)(F)F)c1. The fourth-order valence-corrected chi connectivity index (χ4v) is 2.33. The molecule has 0 unspecified atom stereocenters. The molecule has 0 spiro atoms. The van der Waals surface area contributed by atoms with Gasteiger partial charge in [-0.2, -0.15) is 18.3 Å². The van der Waals surface area contributed by atoms with Crippen molar-refractivity contribution >= 4 is 11.7 Å². The van der Waals surface area contributed by atoms with Gasteiger partial charge >= 0.3 is 12.2 Å². The number of benzene rings is 1. The highest BCUT2D eigenvalue weighted by molar-refractivity contribution is 5.90. The highest BCUT2D eigenvalue weighted by atomic mass is 19.4. The van der Waals surface area contributed by atoms with Crippen LogP contribution in [0.2, 0.25) is 0 Å². The molecule has 2 amide bonds. The molecule has 0 aliphatic heterocycles. The summed E-state index contributed by atoms with van der Waals surface area (Å²) in [5, 5.41) is 8.63. The second-order valence-electron chi connectivity index (χ2n) is 5.58. The van der Waals surface area contributed by atoms with Gasteiger partial charge in [0.05, 0.1) is 18.4 Å². The van der Waals surface area contributed by atoms with E-state index in [9.17, 15) is 18.0 Å². The zero-order valence-electron chi connectivity index (χ0n) is 14.6. The minimum atomic E-state index is -4.64. The molecule has 11 heteroatoms. The third-order valence-electron chi connectivity index (χ3n) is 3.70. The molecule has 0 aliphatic rings. The molecule has 0 atom stereocenters. The maximum Gasteiger partial charge on any atom is 0.418 e. The summed E-state index contributed by atoms with van der Waals surface area (Å²) in [5.74, 6) is 0.579. The lowest BCUT2D eigenvalue weighted by Gasteiger charge is -2.15. The van der Waals surface area contributed by atoms with Crippen LogP contribution in [-0.2, 0) is 12.7 Å². The lowest BCUT2D eigenvalue weighted by atomic mass is 10.1. The first-order valence-electron chi connectivity index (χ1n) is 7.97. The van der Waals surface area contributed by atoms with E-state index in [1.807, 2.05) is 0 Å². The monoisotopic (exact) mass is 392 g/mol. The van der Waals surface area contributed by atoms with Crippen molar-refractivity contribution in [1.29, 1.82) is 0 Å². The van der Waals surface area contributed by atoms with Gasteiger partial charge in [0.15, 0.2) is 5.82 Å². The quantitative estimate of drug-likeness (QED) is 0.696. The number of methoxy groups -OCH3 is 1. The summed E-state index contributed by atoms with van der Waals surface area (Å²) < 4.78 is 45.8. The van der Waals surface area contributed by atoms with Gasteiger partial charge < -0.3 is 15.4 Å². The van der Waals surface area contributed by atoms with Gasteiger partial charge in [-0.1, -0.05) is 6.07 Å². The number of hydrogen-bond donors (Lipinski definition) is 2. The van der Waals surface area contributed by atoms with E-state index in [1.54, 1.807) is 12.1 Å². The maximum atomic E-state index is 13.2. The first-order valence-corrected chi connectivity index (χ1v) is 7.97. The van der Waals surface area contributed by atoms with E-state index in [0.29, 0.717) is 11.4 Å². The van der Waals surface area contributed by atoms with Crippen molar-refractivity contribution < 1.29 is 22.7 Å². The van der Waals surface area contributed by atoms with Crippen LogP contribution in [0.15, 0.2) is 49.2 Å². The average Bonchev–Trinajstić information content (AvgIpc) is 3.21. The van der Waals surface area contributed by atoms with E-state index in [1.165, 1.54) is 36.7 Å². The lowest BCUT2D eigenvalue weighted by Crippen LogP contribution is -2.29. The Morgan fingerprint density at radius 1 is 1.25 bits per heavy atom. The Kier molecular flexibility index (Phi) is 5.43. The van der Waals surface area contributed by atoms with E-state index in [-0.39, 0.29) is 18.0 Å². The van der Waals surface area contributed by atoms with Crippen LogP contribution in [0.1, 0.15) is 11.1 Å². The second kappa shape index (κ2) is 7.94. The summed E-state index contributed by atoms with van der Waals surface area (Å²) in [4.78, 5) is 20.0. The molecule has 0 fully saturated rings. The fraction of sp³-hybridized carbons (Fsp3) is 0.176. The number of urea groups is 1. The van der Waals surface area contributed by atoms with Crippen LogP contribution in [0.3, 0.4) is 0 Å². The van der Waals surface area contributed by atoms with Crippen molar-refractivity contribution in [1.82, 2.24) is 25.1 Å². The number of hydrogen-bond acceptors (Lipinski definition) is 5. The first kappa shape index (κ1) is 19.1. The fourth-order valence-electron chi connectivity index (χ4n) is 2.33. The smallest absolute Gasteiger partial charge is 0.418 e. The molecular weight excluding hydrogens is 377 g/mol. The molecule has 2 N–H and O–H groups in total. The van der Waals surface area contributed by atoms with Crippen molar-refractivity contribution in [2.45, 2.75) is 12.7 Å². The molecule has 146 valence electrons. The van der Waals surface area contributed by atoms with Gasteiger partial charge in [-0.15, -0.1) is 0 Å². The highest BCUT2D eigenvalue weighted by Gasteiger charge is 2.34. The third kappa shape index (κ3) is 4.55. The molecule has 3 rings (SSSR count). The van der Waals surface area contributed by atoms with Crippen molar-refractivity contribution in [2.75, 3.05) is 12.4 Å². The Balaban J connectivity index is 1.63. The predicted octanol–water partition coefficient (Wildman–Crippen LogP) is 3.01. The lowest BCUT2D eigenvalue weighted by molar-refractivity contribution is -0.137. The van der Waals surface area contributed by atoms with Gasteiger partial charge in [0, 0.05) is 12.7 Å². The number of amides is 2. The number of halogens is 3. The number of rotatable bonds is 5. The summed E-state index contributed by atoms with van der Waals surface area (Å²) >= 11 is 0. The number of anilines is 1. The zero-order valence-corrected chi connectivity index (χ0v) is 14.6. The van der Waals surface area contributed by atoms with Gasteiger partial charge in [0.1, 0.15) is 18.4 Å². The highest BCUT2D eigenvalue weighted by Crippen LogP contribution is 2.37. The van der Waals surface area contributed by atoms with Crippen LogP contribution in [-0.4, -0.2) is 32.9 Å². The molecule has 28 heavy (non-hydrogen) atoms.